The Morgan fingerprint density at radius 1 is 1.10 bits per heavy atom. The van der Waals surface area contributed by atoms with Crippen LogP contribution in [0.5, 0.6) is 0 Å². The molecule has 0 saturated heterocycles. The molecule has 6 heteroatoms. The van der Waals surface area contributed by atoms with Crippen molar-refractivity contribution in [3.8, 4) is 0 Å². The van der Waals surface area contributed by atoms with E-state index in [0.29, 0.717) is 12.1 Å². The molecule has 156 valence electrons. The Kier molecular flexibility index (Phi) is 6.20. The monoisotopic (exact) mass is 411 g/mol. The van der Waals surface area contributed by atoms with Crippen LogP contribution in [0.15, 0.2) is 77.9 Å². The number of hydrogen-bond donors (Lipinski definition) is 1. The SMILES string of the molecule is Cc1ccccc1C(=O)Nc1ccc(N2CCCC(CN=[N+]=[N-])c3ccccc32)cc1. The van der Waals surface area contributed by atoms with Crippen LogP contribution in [-0.2, 0) is 0 Å². The summed E-state index contributed by atoms with van der Waals surface area (Å²) in [6.45, 7) is 3.30. The van der Waals surface area contributed by atoms with Crippen molar-refractivity contribution in [2.45, 2.75) is 25.7 Å². The van der Waals surface area contributed by atoms with Crippen molar-refractivity contribution in [3.05, 3.63) is 99.9 Å². The zero-order chi connectivity index (χ0) is 21.6. The van der Waals surface area contributed by atoms with E-state index in [9.17, 15) is 4.79 Å². The van der Waals surface area contributed by atoms with Crippen LogP contribution in [0.1, 0.15) is 40.2 Å². The first-order chi connectivity index (χ1) is 15.2. The normalized spacial score (nSPS) is 15.4. The van der Waals surface area contributed by atoms with Gasteiger partial charge in [0.2, 0.25) is 0 Å². The van der Waals surface area contributed by atoms with Gasteiger partial charge in [-0.2, -0.15) is 0 Å². The van der Waals surface area contributed by atoms with E-state index in [1.165, 1.54) is 5.56 Å². The van der Waals surface area contributed by atoms with Crippen molar-refractivity contribution in [2.75, 3.05) is 23.3 Å². The first-order valence-electron chi connectivity index (χ1n) is 10.5. The molecule has 0 aliphatic carbocycles. The lowest BCUT2D eigenvalue weighted by atomic mass is 9.94. The number of carbonyl (C=O) groups excluding carboxylic acids is 1. The van der Waals surface area contributed by atoms with Crippen molar-refractivity contribution < 1.29 is 4.79 Å². The molecule has 1 unspecified atom stereocenters. The van der Waals surface area contributed by atoms with E-state index in [4.69, 9.17) is 5.53 Å². The first-order valence-corrected chi connectivity index (χ1v) is 10.5. The Labute approximate surface area is 182 Å². The number of azide groups is 1. The van der Waals surface area contributed by atoms with E-state index in [-0.39, 0.29) is 11.8 Å². The lowest BCUT2D eigenvalue weighted by Gasteiger charge is -2.26. The summed E-state index contributed by atoms with van der Waals surface area (Å²) in [6.07, 6.45) is 1.99. The summed E-state index contributed by atoms with van der Waals surface area (Å²) >= 11 is 0. The van der Waals surface area contributed by atoms with Gasteiger partial charge < -0.3 is 10.2 Å². The maximum atomic E-state index is 12.6. The van der Waals surface area contributed by atoms with Crippen LogP contribution in [0, 0.1) is 6.92 Å². The highest BCUT2D eigenvalue weighted by molar-refractivity contribution is 6.05. The van der Waals surface area contributed by atoms with Crippen molar-refractivity contribution in [1.29, 1.82) is 0 Å². The molecule has 1 aliphatic heterocycles. The van der Waals surface area contributed by atoms with Crippen LogP contribution in [0.2, 0.25) is 0 Å². The number of benzene rings is 3. The van der Waals surface area contributed by atoms with Crippen LogP contribution >= 0.6 is 0 Å². The van der Waals surface area contributed by atoms with Crippen molar-refractivity contribution >= 4 is 23.0 Å². The number of nitrogens with zero attached hydrogens (tertiary/aromatic N) is 4. The predicted octanol–water partition coefficient (Wildman–Crippen LogP) is 6.57. The Morgan fingerprint density at radius 2 is 1.84 bits per heavy atom. The van der Waals surface area contributed by atoms with Gasteiger partial charge in [0, 0.05) is 40.6 Å². The lowest BCUT2D eigenvalue weighted by molar-refractivity contribution is 0.102. The molecule has 0 bridgehead atoms. The summed E-state index contributed by atoms with van der Waals surface area (Å²) in [4.78, 5) is 17.8. The molecule has 1 aliphatic rings. The number of fused-ring (bicyclic) bond motifs is 1. The predicted molar refractivity (Wildman–Crippen MR) is 125 cm³/mol. The zero-order valence-corrected chi connectivity index (χ0v) is 17.5. The van der Waals surface area contributed by atoms with E-state index in [1.54, 1.807) is 0 Å². The largest absolute Gasteiger partial charge is 0.341 e. The summed E-state index contributed by atoms with van der Waals surface area (Å²) < 4.78 is 0. The maximum absolute atomic E-state index is 12.6. The average molecular weight is 412 g/mol. The third kappa shape index (κ3) is 4.55. The van der Waals surface area contributed by atoms with Gasteiger partial charge in [-0.15, -0.1) is 0 Å². The second kappa shape index (κ2) is 9.37. The minimum Gasteiger partial charge on any atom is -0.341 e. The van der Waals surface area contributed by atoms with Gasteiger partial charge >= 0.3 is 0 Å². The minimum absolute atomic E-state index is 0.105. The summed E-state index contributed by atoms with van der Waals surface area (Å²) in [7, 11) is 0. The summed E-state index contributed by atoms with van der Waals surface area (Å²) in [5.41, 5.74) is 14.6. The highest BCUT2D eigenvalue weighted by Gasteiger charge is 2.23. The topological polar surface area (TPSA) is 81.1 Å². The number of para-hydroxylation sites is 1. The molecule has 0 spiro atoms. The van der Waals surface area contributed by atoms with Gasteiger partial charge in [0.15, 0.2) is 0 Å². The number of amides is 1. The third-order valence-electron chi connectivity index (χ3n) is 5.79. The van der Waals surface area contributed by atoms with Gasteiger partial charge in [0.1, 0.15) is 0 Å². The molecule has 0 fully saturated rings. The van der Waals surface area contributed by atoms with Crippen LogP contribution in [0.25, 0.3) is 10.4 Å². The van der Waals surface area contributed by atoms with Crippen molar-refractivity contribution in [3.63, 3.8) is 0 Å². The van der Waals surface area contributed by atoms with Crippen LogP contribution in [0.3, 0.4) is 0 Å². The van der Waals surface area contributed by atoms with E-state index < -0.39 is 0 Å². The summed E-state index contributed by atoms with van der Waals surface area (Å²) in [5.74, 6) is 0.122. The molecule has 3 aromatic carbocycles. The van der Waals surface area contributed by atoms with Gasteiger partial charge in [-0.3, -0.25) is 4.79 Å². The minimum atomic E-state index is -0.105. The second-order valence-electron chi connectivity index (χ2n) is 7.78. The fourth-order valence-electron chi connectivity index (χ4n) is 4.19. The molecule has 31 heavy (non-hydrogen) atoms. The number of carbonyl (C=O) groups is 1. The number of anilines is 3. The van der Waals surface area contributed by atoms with Crippen LogP contribution < -0.4 is 10.2 Å². The molecule has 1 heterocycles. The van der Waals surface area contributed by atoms with Crippen LogP contribution in [-0.4, -0.2) is 19.0 Å². The standard InChI is InChI=1S/C25H25N5O/c1-18-7-2-3-9-22(18)25(31)28-20-12-14-21(15-13-20)30-16-6-8-19(17-27-29-26)23-10-4-5-11-24(23)30/h2-5,7,9-15,19H,6,8,16-17H2,1H3,(H,28,31). The number of hydrogen-bond acceptors (Lipinski definition) is 3. The zero-order valence-electron chi connectivity index (χ0n) is 17.5. The Balaban J connectivity index is 1.56. The molecule has 3 aromatic rings. The van der Waals surface area contributed by atoms with Crippen molar-refractivity contribution in [1.82, 2.24) is 0 Å². The molecule has 1 atom stereocenters. The van der Waals surface area contributed by atoms with Gasteiger partial charge in [0.25, 0.3) is 5.91 Å². The lowest BCUT2D eigenvalue weighted by Crippen LogP contribution is -2.18. The number of aryl methyl sites for hydroxylation is 1. The highest BCUT2D eigenvalue weighted by atomic mass is 16.1. The molecule has 4 rings (SSSR count). The number of rotatable bonds is 5. The molecule has 0 saturated carbocycles. The Bertz CT molecular complexity index is 1120. The van der Waals surface area contributed by atoms with E-state index in [0.717, 1.165) is 42.0 Å². The molecule has 6 nitrogen and oxygen atoms in total. The molecule has 0 aromatic heterocycles. The highest BCUT2D eigenvalue weighted by Crippen LogP contribution is 2.38. The fourth-order valence-corrected chi connectivity index (χ4v) is 4.19. The smallest absolute Gasteiger partial charge is 0.255 e. The van der Waals surface area contributed by atoms with Crippen molar-refractivity contribution in [2.24, 2.45) is 5.11 Å². The van der Waals surface area contributed by atoms with Gasteiger partial charge in [-0.1, -0.05) is 41.5 Å². The molecule has 1 amide bonds. The van der Waals surface area contributed by atoms with Crippen LogP contribution in [0.4, 0.5) is 17.1 Å². The van der Waals surface area contributed by atoms with E-state index in [1.807, 2.05) is 67.6 Å². The molecular weight excluding hydrogens is 386 g/mol. The molecule has 1 N–H and O–H groups in total. The van der Waals surface area contributed by atoms with Gasteiger partial charge in [-0.05, 0) is 78.7 Å². The average Bonchev–Trinajstić information content (AvgIpc) is 2.98. The molecule has 0 radical (unpaired) electrons. The first kappa shape index (κ1) is 20.5. The van der Waals surface area contributed by atoms with Gasteiger partial charge in [-0.25, -0.2) is 0 Å². The Hall–Kier alpha value is -3.76. The van der Waals surface area contributed by atoms with E-state index in [2.05, 4.69) is 32.4 Å². The number of nitrogens with one attached hydrogen (secondary N) is 1. The maximum Gasteiger partial charge on any atom is 0.255 e. The quantitative estimate of drug-likeness (QED) is 0.292. The Morgan fingerprint density at radius 3 is 2.61 bits per heavy atom. The summed E-state index contributed by atoms with van der Waals surface area (Å²) in [5, 5.41) is 6.81. The third-order valence-corrected chi connectivity index (χ3v) is 5.79. The van der Waals surface area contributed by atoms with Gasteiger partial charge in [0.05, 0.1) is 0 Å². The summed E-state index contributed by atoms with van der Waals surface area (Å²) in [6, 6.07) is 23.9. The molecular formula is C25H25N5O. The fraction of sp³-hybridized carbons (Fsp3) is 0.240. The van der Waals surface area contributed by atoms with E-state index >= 15 is 0 Å². The second-order valence-corrected chi connectivity index (χ2v) is 7.78.